The molecule has 0 spiro atoms. The van der Waals surface area contributed by atoms with E-state index in [1.165, 1.54) is 12.1 Å². The summed E-state index contributed by atoms with van der Waals surface area (Å²) in [5.74, 6) is -0.511. The summed E-state index contributed by atoms with van der Waals surface area (Å²) in [5.41, 5.74) is 1.72. The number of benzene rings is 2. The van der Waals surface area contributed by atoms with Crippen molar-refractivity contribution in [3.8, 4) is 6.07 Å². The quantitative estimate of drug-likeness (QED) is 0.828. The van der Waals surface area contributed by atoms with Crippen LogP contribution in [-0.2, 0) is 0 Å². The zero-order chi connectivity index (χ0) is 14.7. The summed E-state index contributed by atoms with van der Waals surface area (Å²) >= 11 is 6.19. The van der Waals surface area contributed by atoms with Crippen LogP contribution in [0.4, 0.5) is 10.1 Å². The van der Waals surface area contributed by atoms with Gasteiger partial charge < -0.3 is 4.90 Å². The van der Waals surface area contributed by atoms with Gasteiger partial charge in [-0.25, -0.2) is 4.39 Å². The first kappa shape index (κ1) is 14.4. The molecular formula is C16H14ClFN2. The SMILES string of the molecule is CC(c1ccccc1Cl)N(C)c1ccc(C#N)c(F)c1. The molecule has 0 bridgehead atoms. The van der Waals surface area contributed by atoms with E-state index < -0.39 is 5.82 Å². The molecule has 2 aromatic carbocycles. The maximum Gasteiger partial charge on any atom is 0.143 e. The van der Waals surface area contributed by atoms with Crippen LogP contribution in [0.25, 0.3) is 0 Å². The van der Waals surface area contributed by atoms with E-state index in [4.69, 9.17) is 16.9 Å². The van der Waals surface area contributed by atoms with Crippen LogP contribution in [0.5, 0.6) is 0 Å². The average molecular weight is 289 g/mol. The fraction of sp³-hybridized carbons (Fsp3) is 0.188. The molecule has 0 aromatic heterocycles. The van der Waals surface area contributed by atoms with Crippen LogP contribution in [0.3, 0.4) is 0 Å². The first-order valence-electron chi connectivity index (χ1n) is 6.21. The standard InChI is InChI=1S/C16H14ClFN2/c1-11(14-5-3-4-6-15(14)17)20(2)13-8-7-12(10-19)16(18)9-13/h3-9,11H,1-2H3. The Kier molecular flexibility index (Phi) is 4.26. The zero-order valence-electron chi connectivity index (χ0n) is 11.3. The van der Waals surface area contributed by atoms with Crippen molar-refractivity contribution < 1.29 is 4.39 Å². The Balaban J connectivity index is 2.32. The lowest BCUT2D eigenvalue weighted by Gasteiger charge is -2.28. The van der Waals surface area contributed by atoms with E-state index in [2.05, 4.69) is 0 Å². The number of rotatable bonds is 3. The molecule has 1 atom stereocenters. The van der Waals surface area contributed by atoms with Crippen LogP contribution < -0.4 is 4.90 Å². The average Bonchev–Trinajstić information content (AvgIpc) is 2.46. The predicted molar refractivity (Wildman–Crippen MR) is 79.4 cm³/mol. The van der Waals surface area contributed by atoms with Crippen molar-refractivity contribution in [1.82, 2.24) is 0 Å². The Morgan fingerprint density at radius 2 is 1.95 bits per heavy atom. The number of anilines is 1. The van der Waals surface area contributed by atoms with Gasteiger partial charge in [0.2, 0.25) is 0 Å². The third-order valence-electron chi connectivity index (χ3n) is 3.42. The van der Waals surface area contributed by atoms with Crippen LogP contribution in [-0.4, -0.2) is 7.05 Å². The molecule has 20 heavy (non-hydrogen) atoms. The van der Waals surface area contributed by atoms with Crippen molar-refractivity contribution in [3.63, 3.8) is 0 Å². The molecule has 0 N–H and O–H groups in total. The van der Waals surface area contributed by atoms with Gasteiger partial charge >= 0.3 is 0 Å². The zero-order valence-corrected chi connectivity index (χ0v) is 12.0. The molecule has 2 rings (SSSR count). The Morgan fingerprint density at radius 3 is 2.55 bits per heavy atom. The normalized spacial score (nSPS) is 11.8. The molecule has 0 saturated heterocycles. The number of hydrogen-bond acceptors (Lipinski definition) is 2. The molecule has 0 fully saturated rings. The molecule has 0 heterocycles. The Bertz CT molecular complexity index is 664. The van der Waals surface area contributed by atoms with E-state index in [9.17, 15) is 4.39 Å². The second kappa shape index (κ2) is 5.94. The molecule has 4 heteroatoms. The summed E-state index contributed by atoms with van der Waals surface area (Å²) in [6.45, 7) is 2.00. The fourth-order valence-corrected chi connectivity index (χ4v) is 2.35. The van der Waals surface area contributed by atoms with Crippen molar-refractivity contribution in [3.05, 3.63) is 64.4 Å². The predicted octanol–water partition coefficient (Wildman–Crippen LogP) is 4.55. The molecule has 0 radical (unpaired) electrons. The Labute approximate surface area is 123 Å². The van der Waals surface area contributed by atoms with E-state index in [1.54, 1.807) is 6.07 Å². The lowest BCUT2D eigenvalue weighted by Crippen LogP contribution is -2.22. The smallest absolute Gasteiger partial charge is 0.143 e. The van der Waals surface area contributed by atoms with Crippen molar-refractivity contribution >= 4 is 17.3 Å². The van der Waals surface area contributed by atoms with Gasteiger partial charge in [0.05, 0.1) is 11.6 Å². The topological polar surface area (TPSA) is 27.0 Å². The second-order valence-electron chi connectivity index (χ2n) is 4.58. The molecule has 2 nitrogen and oxygen atoms in total. The highest BCUT2D eigenvalue weighted by molar-refractivity contribution is 6.31. The maximum atomic E-state index is 13.7. The van der Waals surface area contributed by atoms with Gasteiger partial charge in [0.15, 0.2) is 0 Å². The molecule has 0 saturated carbocycles. The summed E-state index contributed by atoms with van der Waals surface area (Å²) in [7, 11) is 1.87. The number of nitrogens with zero attached hydrogens (tertiary/aromatic N) is 2. The maximum absolute atomic E-state index is 13.7. The molecule has 2 aromatic rings. The van der Waals surface area contributed by atoms with Gasteiger partial charge in [-0.15, -0.1) is 0 Å². The largest absolute Gasteiger partial charge is 0.368 e. The molecule has 0 aliphatic rings. The van der Waals surface area contributed by atoms with Crippen molar-refractivity contribution in [2.24, 2.45) is 0 Å². The van der Waals surface area contributed by atoms with Gasteiger partial charge in [0, 0.05) is 17.8 Å². The van der Waals surface area contributed by atoms with E-state index in [0.717, 1.165) is 5.56 Å². The summed E-state index contributed by atoms with van der Waals surface area (Å²) < 4.78 is 13.7. The molecule has 0 aliphatic carbocycles. The van der Waals surface area contributed by atoms with Crippen molar-refractivity contribution in [1.29, 1.82) is 5.26 Å². The minimum absolute atomic E-state index is 0.00367. The van der Waals surface area contributed by atoms with Gasteiger partial charge in [-0.05, 0) is 36.8 Å². The molecule has 1 unspecified atom stereocenters. The summed E-state index contributed by atoms with van der Waals surface area (Å²) in [6.07, 6.45) is 0. The van der Waals surface area contributed by atoms with E-state index in [1.807, 2.05) is 49.2 Å². The lowest BCUT2D eigenvalue weighted by molar-refractivity contribution is 0.621. The van der Waals surface area contributed by atoms with Crippen molar-refractivity contribution in [2.45, 2.75) is 13.0 Å². The highest BCUT2D eigenvalue weighted by Gasteiger charge is 2.16. The minimum Gasteiger partial charge on any atom is -0.368 e. The summed E-state index contributed by atoms with van der Waals surface area (Å²) in [4.78, 5) is 1.92. The highest BCUT2D eigenvalue weighted by atomic mass is 35.5. The fourth-order valence-electron chi connectivity index (χ4n) is 2.06. The monoisotopic (exact) mass is 288 g/mol. The Morgan fingerprint density at radius 1 is 1.25 bits per heavy atom. The second-order valence-corrected chi connectivity index (χ2v) is 4.99. The van der Waals surface area contributed by atoms with Gasteiger partial charge in [-0.3, -0.25) is 0 Å². The first-order chi connectivity index (χ1) is 9.54. The van der Waals surface area contributed by atoms with Crippen LogP contribution in [0, 0.1) is 17.1 Å². The molecule has 0 aliphatic heterocycles. The molecule has 0 amide bonds. The first-order valence-corrected chi connectivity index (χ1v) is 6.59. The number of hydrogen-bond donors (Lipinski definition) is 0. The van der Waals surface area contributed by atoms with Crippen LogP contribution >= 0.6 is 11.6 Å². The van der Waals surface area contributed by atoms with E-state index in [0.29, 0.717) is 10.7 Å². The Hall–Kier alpha value is -2.05. The van der Waals surface area contributed by atoms with Crippen LogP contribution in [0.15, 0.2) is 42.5 Å². The number of nitriles is 1. The van der Waals surface area contributed by atoms with Crippen molar-refractivity contribution in [2.75, 3.05) is 11.9 Å². The van der Waals surface area contributed by atoms with Crippen LogP contribution in [0.1, 0.15) is 24.1 Å². The molecule has 102 valence electrons. The highest BCUT2D eigenvalue weighted by Crippen LogP contribution is 2.30. The summed E-state index contributed by atoms with van der Waals surface area (Å²) in [6, 6.07) is 14.0. The minimum atomic E-state index is -0.511. The van der Waals surface area contributed by atoms with E-state index >= 15 is 0 Å². The number of halogens is 2. The third-order valence-corrected chi connectivity index (χ3v) is 3.76. The van der Waals surface area contributed by atoms with Gasteiger partial charge in [0.25, 0.3) is 0 Å². The van der Waals surface area contributed by atoms with Gasteiger partial charge in [-0.2, -0.15) is 5.26 Å². The molecular weight excluding hydrogens is 275 g/mol. The summed E-state index contributed by atoms with van der Waals surface area (Å²) in [5, 5.41) is 9.43. The van der Waals surface area contributed by atoms with Crippen LogP contribution in [0.2, 0.25) is 5.02 Å². The van der Waals surface area contributed by atoms with Gasteiger partial charge in [-0.1, -0.05) is 29.8 Å². The van der Waals surface area contributed by atoms with Gasteiger partial charge in [0.1, 0.15) is 11.9 Å². The third kappa shape index (κ3) is 2.76. The van der Waals surface area contributed by atoms with E-state index in [-0.39, 0.29) is 11.6 Å². The lowest BCUT2D eigenvalue weighted by atomic mass is 10.1.